The SMILES string of the molecule is CC1(C)Cc2ccc(C(C)(C)C)c(CC[C@H]3C[C@H](O)CC(=O)O3)c2O1. The van der Waals surface area contributed by atoms with Crippen LogP contribution in [-0.4, -0.2) is 28.9 Å². The average molecular weight is 346 g/mol. The molecule has 1 N–H and O–H groups in total. The summed E-state index contributed by atoms with van der Waals surface area (Å²) in [6.45, 7) is 10.9. The fourth-order valence-corrected chi connectivity index (χ4v) is 4.01. The molecular weight excluding hydrogens is 316 g/mol. The van der Waals surface area contributed by atoms with Crippen molar-refractivity contribution in [1.82, 2.24) is 0 Å². The van der Waals surface area contributed by atoms with Crippen LogP contribution in [0.2, 0.25) is 0 Å². The minimum atomic E-state index is -0.579. The Balaban J connectivity index is 1.87. The number of aliphatic hydroxyl groups excluding tert-OH is 1. The van der Waals surface area contributed by atoms with Gasteiger partial charge in [0.2, 0.25) is 0 Å². The van der Waals surface area contributed by atoms with Gasteiger partial charge in [-0.3, -0.25) is 4.79 Å². The van der Waals surface area contributed by atoms with Crippen LogP contribution in [0.1, 0.15) is 70.6 Å². The van der Waals surface area contributed by atoms with Gasteiger partial charge in [-0.15, -0.1) is 0 Å². The molecule has 2 aliphatic heterocycles. The Hall–Kier alpha value is -1.55. The van der Waals surface area contributed by atoms with Crippen LogP contribution in [0.4, 0.5) is 0 Å². The average Bonchev–Trinajstić information content (AvgIpc) is 2.76. The van der Waals surface area contributed by atoms with Crippen molar-refractivity contribution in [2.45, 2.75) is 89.9 Å². The fourth-order valence-electron chi connectivity index (χ4n) is 4.01. The summed E-state index contributed by atoms with van der Waals surface area (Å²) in [5.41, 5.74) is 3.61. The summed E-state index contributed by atoms with van der Waals surface area (Å²) in [6.07, 6.45) is 2.26. The van der Waals surface area contributed by atoms with Crippen LogP contribution in [0, 0.1) is 0 Å². The zero-order valence-electron chi connectivity index (χ0n) is 16.0. The third-order valence-electron chi connectivity index (χ3n) is 5.10. The molecule has 138 valence electrons. The molecule has 0 saturated carbocycles. The van der Waals surface area contributed by atoms with Crippen LogP contribution in [-0.2, 0) is 27.8 Å². The number of hydrogen-bond donors (Lipinski definition) is 1. The van der Waals surface area contributed by atoms with Crippen molar-refractivity contribution in [2.24, 2.45) is 0 Å². The number of esters is 1. The standard InChI is InChI=1S/C21H30O4/c1-20(2,3)17-9-6-13-12-21(4,5)25-19(13)16(17)8-7-15-10-14(22)11-18(23)24-15/h6,9,14-15,22H,7-8,10-12H2,1-5H3/t14-,15-/m0/s1. The Morgan fingerprint density at radius 1 is 1.28 bits per heavy atom. The zero-order valence-corrected chi connectivity index (χ0v) is 16.0. The molecule has 0 aliphatic carbocycles. The smallest absolute Gasteiger partial charge is 0.308 e. The van der Waals surface area contributed by atoms with E-state index in [0.29, 0.717) is 12.8 Å². The van der Waals surface area contributed by atoms with Gasteiger partial charge < -0.3 is 14.6 Å². The molecule has 0 spiro atoms. The maximum absolute atomic E-state index is 11.6. The Morgan fingerprint density at radius 3 is 2.64 bits per heavy atom. The van der Waals surface area contributed by atoms with Gasteiger partial charge in [-0.25, -0.2) is 0 Å². The maximum atomic E-state index is 11.6. The molecule has 0 amide bonds. The molecule has 0 bridgehead atoms. The van der Waals surface area contributed by atoms with E-state index in [1.165, 1.54) is 16.7 Å². The number of aliphatic hydroxyl groups is 1. The zero-order chi connectivity index (χ0) is 18.4. The van der Waals surface area contributed by atoms with Gasteiger partial charge in [0.05, 0.1) is 12.5 Å². The van der Waals surface area contributed by atoms with Crippen molar-refractivity contribution in [1.29, 1.82) is 0 Å². The summed E-state index contributed by atoms with van der Waals surface area (Å²) in [5, 5.41) is 9.83. The molecule has 1 aromatic carbocycles. The lowest BCUT2D eigenvalue weighted by Crippen LogP contribution is -2.33. The molecule has 2 aliphatic rings. The van der Waals surface area contributed by atoms with E-state index < -0.39 is 6.10 Å². The number of fused-ring (bicyclic) bond motifs is 1. The highest BCUT2D eigenvalue weighted by molar-refractivity contribution is 5.71. The normalized spacial score (nSPS) is 25.3. The van der Waals surface area contributed by atoms with Gasteiger partial charge in [0.25, 0.3) is 0 Å². The van der Waals surface area contributed by atoms with E-state index in [-0.39, 0.29) is 29.5 Å². The van der Waals surface area contributed by atoms with Gasteiger partial charge in [0.1, 0.15) is 17.5 Å². The lowest BCUT2D eigenvalue weighted by molar-refractivity contribution is -0.160. The van der Waals surface area contributed by atoms with Crippen LogP contribution < -0.4 is 4.74 Å². The molecule has 1 fully saturated rings. The Kier molecular flexibility index (Phi) is 4.61. The number of benzene rings is 1. The summed E-state index contributed by atoms with van der Waals surface area (Å²) >= 11 is 0. The highest BCUT2D eigenvalue weighted by atomic mass is 16.5. The third kappa shape index (κ3) is 4.00. The summed E-state index contributed by atoms with van der Waals surface area (Å²) < 4.78 is 11.7. The van der Waals surface area contributed by atoms with Gasteiger partial charge in [0.15, 0.2) is 0 Å². The monoisotopic (exact) mass is 346 g/mol. The molecule has 1 saturated heterocycles. The number of cyclic esters (lactones) is 1. The second-order valence-corrected chi connectivity index (χ2v) is 9.11. The first-order valence-electron chi connectivity index (χ1n) is 9.27. The number of rotatable bonds is 3. The lowest BCUT2D eigenvalue weighted by atomic mass is 9.80. The molecule has 0 aromatic heterocycles. The van der Waals surface area contributed by atoms with Gasteiger partial charge in [-0.1, -0.05) is 32.9 Å². The molecule has 3 rings (SSSR count). The van der Waals surface area contributed by atoms with Crippen molar-refractivity contribution in [3.63, 3.8) is 0 Å². The minimum Gasteiger partial charge on any atom is -0.487 e. The molecule has 1 aromatic rings. The summed E-state index contributed by atoms with van der Waals surface area (Å²) in [6, 6.07) is 4.42. The maximum Gasteiger partial charge on any atom is 0.308 e. The van der Waals surface area contributed by atoms with Gasteiger partial charge in [0, 0.05) is 12.8 Å². The second-order valence-electron chi connectivity index (χ2n) is 9.11. The highest BCUT2D eigenvalue weighted by Crippen LogP contribution is 2.43. The van der Waals surface area contributed by atoms with Crippen LogP contribution >= 0.6 is 0 Å². The molecular formula is C21H30O4. The molecule has 4 heteroatoms. The van der Waals surface area contributed by atoms with E-state index in [9.17, 15) is 9.90 Å². The topological polar surface area (TPSA) is 55.8 Å². The first kappa shape index (κ1) is 18.2. The second kappa shape index (κ2) is 6.31. The predicted octanol–water partition coefficient (Wildman–Crippen LogP) is 3.70. The van der Waals surface area contributed by atoms with Gasteiger partial charge >= 0.3 is 5.97 Å². The molecule has 2 heterocycles. The third-order valence-corrected chi connectivity index (χ3v) is 5.10. The van der Waals surface area contributed by atoms with Crippen molar-refractivity contribution in [3.05, 3.63) is 28.8 Å². The summed E-state index contributed by atoms with van der Waals surface area (Å²) in [7, 11) is 0. The van der Waals surface area contributed by atoms with Crippen molar-refractivity contribution in [3.8, 4) is 5.75 Å². The molecule has 0 radical (unpaired) electrons. The number of carbonyl (C=O) groups excluding carboxylic acids is 1. The Morgan fingerprint density at radius 2 is 2.00 bits per heavy atom. The summed E-state index contributed by atoms with van der Waals surface area (Å²) in [5.74, 6) is 0.718. The first-order valence-corrected chi connectivity index (χ1v) is 9.27. The minimum absolute atomic E-state index is 0.0171. The molecule has 4 nitrogen and oxygen atoms in total. The molecule has 2 atom stereocenters. The lowest BCUT2D eigenvalue weighted by Gasteiger charge is -2.28. The highest BCUT2D eigenvalue weighted by Gasteiger charge is 2.35. The van der Waals surface area contributed by atoms with Crippen LogP contribution in [0.3, 0.4) is 0 Å². The Labute approximate surface area is 150 Å². The van der Waals surface area contributed by atoms with E-state index in [1.807, 2.05) is 0 Å². The van der Waals surface area contributed by atoms with Gasteiger partial charge in [-0.2, -0.15) is 0 Å². The van der Waals surface area contributed by atoms with E-state index in [2.05, 4.69) is 46.8 Å². The van der Waals surface area contributed by atoms with Gasteiger partial charge in [-0.05, 0) is 48.8 Å². The summed E-state index contributed by atoms with van der Waals surface area (Å²) in [4.78, 5) is 11.6. The van der Waals surface area contributed by atoms with Crippen molar-refractivity contribution in [2.75, 3.05) is 0 Å². The van der Waals surface area contributed by atoms with Crippen LogP contribution in [0.25, 0.3) is 0 Å². The molecule has 25 heavy (non-hydrogen) atoms. The molecule has 0 unspecified atom stereocenters. The number of hydrogen-bond acceptors (Lipinski definition) is 4. The van der Waals surface area contributed by atoms with Crippen molar-refractivity contribution < 1.29 is 19.4 Å². The van der Waals surface area contributed by atoms with Crippen molar-refractivity contribution >= 4 is 5.97 Å². The first-order chi connectivity index (χ1) is 11.5. The fraction of sp³-hybridized carbons (Fsp3) is 0.667. The predicted molar refractivity (Wildman–Crippen MR) is 97.0 cm³/mol. The van der Waals surface area contributed by atoms with Crippen LogP contribution in [0.15, 0.2) is 12.1 Å². The van der Waals surface area contributed by atoms with E-state index in [0.717, 1.165) is 18.6 Å². The number of ether oxygens (including phenoxy) is 2. The number of carbonyl (C=O) groups is 1. The van der Waals surface area contributed by atoms with E-state index >= 15 is 0 Å². The largest absolute Gasteiger partial charge is 0.487 e. The van der Waals surface area contributed by atoms with E-state index in [1.54, 1.807) is 0 Å². The van der Waals surface area contributed by atoms with E-state index in [4.69, 9.17) is 9.47 Å². The quantitative estimate of drug-likeness (QED) is 0.848. The van der Waals surface area contributed by atoms with Crippen LogP contribution in [0.5, 0.6) is 5.75 Å². The Bertz CT molecular complexity index is 669.